The Balaban J connectivity index is 1.77. The Morgan fingerprint density at radius 3 is 2.45 bits per heavy atom. The molecule has 8 heteroatoms. The number of carboxylic acid groups (broad SMARTS) is 1. The predicted molar refractivity (Wildman–Crippen MR) is 117 cm³/mol. The lowest BCUT2D eigenvalue weighted by Crippen LogP contribution is -2.57. The summed E-state index contributed by atoms with van der Waals surface area (Å²) in [6.07, 6.45) is 2.01. The van der Waals surface area contributed by atoms with Gasteiger partial charge in [0.15, 0.2) is 17.2 Å². The molecule has 2 aliphatic carbocycles. The number of benzene rings is 1. The molecule has 8 nitrogen and oxygen atoms in total. The Hall–Kier alpha value is -2.42. The van der Waals surface area contributed by atoms with Crippen molar-refractivity contribution < 1.29 is 38.4 Å². The van der Waals surface area contributed by atoms with Crippen molar-refractivity contribution in [3.63, 3.8) is 0 Å². The molecule has 3 heterocycles. The number of methoxy groups -OCH3 is 2. The van der Waals surface area contributed by atoms with Gasteiger partial charge in [-0.25, -0.2) is 4.79 Å². The Morgan fingerprint density at radius 2 is 1.82 bits per heavy atom. The normalized spacial score (nSPS) is 31.7. The molecular weight excluding hydrogens is 428 g/mol. The van der Waals surface area contributed by atoms with Gasteiger partial charge >= 0.3 is 5.97 Å². The number of aliphatic carboxylic acids is 1. The van der Waals surface area contributed by atoms with Crippen LogP contribution in [0.15, 0.2) is 17.2 Å². The van der Waals surface area contributed by atoms with Gasteiger partial charge in [-0.2, -0.15) is 0 Å². The molecule has 0 amide bonds. The van der Waals surface area contributed by atoms with Crippen LogP contribution in [0.1, 0.15) is 80.5 Å². The number of ether oxygens (including phenoxy) is 5. The highest BCUT2D eigenvalue weighted by atomic mass is 16.8. The van der Waals surface area contributed by atoms with Crippen LogP contribution in [0.25, 0.3) is 0 Å². The number of rotatable bonds is 5. The maximum atomic E-state index is 13.8. The van der Waals surface area contributed by atoms with Crippen molar-refractivity contribution in [2.45, 2.75) is 82.6 Å². The quantitative estimate of drug-likeness (QED) is 0.660. The molecule has 1 N–H and O–H groups in total. The van der Waals surface area contributed by atoms with E-state index in [1.165, 1.54) is 7.11 Å². The SMILES string of the molecule is COc1cc(C(=O)C2=C(C(=O)O)CCCC2)c(OC)c2c1[C@H]1C[C@H]3OC(C)(C)O[C@@]23[C@@H](C)O1. The van der Waals surface area contributed by atoms with Crippen molar-refractivity contribution in [2.24, 2.45) is 0 Å². The lowest BCUT2D eigenvalue weighted by Gasteiger charge is -2.52. The molecule has 2 bridgehead atoms. The fraction of sp³-hybridized carbons (Fsp3) is 0.600. The third-order valence-electron chi connectivity index (χ3n) is 7.38. The number of fused-ring (bicyclic) bond motifs is 1. The number of ketones is 1. The molecule has 33 heavy (non-hydrogen) atoms. The van der Waals surface area contributed by atoms with Gasteiger partial charge in [-0.3, -0.25) is 4.79 Å². The number of hydrogen-bond donors (Lipinski definition) is 1. The second kappa shape index (κ2) is 7.55. The van der Waals surface area contributed by atoms with Crippen LogP contribution in [0.4, 0.5) is 0 Å². The Labute approximate surface area is 192 Å². The topological polar surface area (TPSA) is 101 Å². The number of carbonyl (C=O) groups is 2. The number of carbonyl (C=O) groups excluding carboxylic acids is 1. The minimum Gasteiger partial charge on any atom is -0.496 e. The summed E-state index contributed by atoms with van der Waals surface area (Å²) in [5.41, 5.74) is 1.34. The number of carboxylic acids is 1. The highest BCUT2D eigenvalue weighted by Gasteiger charge is 2.67. The molecule has 2 fully saturated rings. The van der Waals surface area contributed by atoms with E-state index in [4.69, 9.17) is 23.7 Å². The monoisotopic (exact) mass is 458 g/mol. The number of allylic oxidation sites excluding steroid dienone is 1. The van der Waals surface area contributed by atoms with Gasteiger partial charge in [0, 0.05) is 28.7 Å². The van der Waals surface area contributed by atoms with E-state index in [1.54, 1.807) is 13.2 Å². The average Bonchev–Trinajstić information content (AvgIpc) is 3.08. The van der Waals surface area contributed by atoms with E-state index in [9.17, 15) is 14.7 Å². The van der Waals surface area contributed by atoms with Gasteiger partial charge in [0.2, 0.25) is 0 Å². The standard InChI is InChI=1S/C25H30O8/c1-12-25-18(32-24(2,3)33-25)11-17(31-12)19-16(29-4)10-15(22(30-5)20(19)25)21(26)13-8-6-7-9-14(13)23(27)28/h10,12,17-18H,6-9,11H2,1-5H3,(H,27,28)/t12-,17-,18-,25-/m1/s1. The van der Waals surface area contributed by atoms with Crippen LogP contribution in [0.3, 0.4) is 0 Å². The van der Waals surface area contributed by atoms with E-state index in [0.29, 0.717) is 41.9 Å². The lowest BCUT2D eigenvalue weighted by molar-refractivity contribution is -0.224. The molecule has 1 spiro atoms. The maximum Gasteiger partial charge on any atom is 0.331 e. The zero-order valence-electron chi connectivity index (χ0n) is 19.6. The smallest absolute Gasteiger partial charge is 0.331 e. The molecule has 6 rings (SSSR count). The van der Waals surface area contributed by atoms with Crippen LogP contribution in [-0.4, -0.2) is 49.1 Å². The van der Waals surface area contributed by atoms with Crippen molar-refractivity contribution in [1.29, 1.82) is 0 Å². The van der Waals surface area contributed by atoms with Crippen molar-refractivity contribution in [2.75, 3.05) is 14.2 Å². The third kappa shape index (κ3) is 3.07. The first-order valence-electron chi connectivity index (χ1n) is 11.5. The largest absolute Gasteiger partial charge is 0.496 e. The van der Waals surface area contributed by atoms with Gasteiger partial charge in [-0.1, -0.05) is 0 Å². The van der Waals surface area contributed by atoms with Crippen molar-refractivity contribution >= 4 is 11.8 Å². The third-order valence-corrected chi connectivity index (χ3v) is 7.38. The van der Waals surface area contributed by atoms with Crippen molar-refractivity contribution in [3.05, 3.63) is 33.9 Å². The fourth-order valence-corrected chi connectivity index (χ4v) is 6.16. The van der Waals surface area contributed by atoms with Crippen LogP contribution >= 0.6 is 0 Å². The van der Waals surface area contributed by atoms with Crippen LogP contribution in [0.5, 0.6) is 11.5 Å². The molecule has 0 unspecified atom stereocenters. The first kappa shape index (κ1) is 22.4. The first-order chi connectivity index (χ1) is 15.6. The molecule has 0 saturated carbocycles. The van der Waals surface area contributed by atoms with Gasteiger partial charge in [0.1, 0.15) is 11.5 Å². The molecular formula is C25H30O8. The minimum atomic E-state index is -1.05. The number of Topliss-reactive ketones (excluding diaryl/α,β-unsaturated/α-hetero) is 1. The van der Waals surface area contributed by atoms with E-state index < -0.39 is 17.4 Å². The highest BCUT2D eigenvalue weighted by Crippen LogP contribution is 2.63. The molecule has 0 radical (unpaired) electrons. The molecule has 178 valence electrons. The molecule has 1 aromatic carbocycles. The van der Waals surface area contributed by atoms with E-state index in [1.807, 2.05) is 20.8 Å². The van der Waals surface area contributed by atoms with Crippen LogP contribution in [-0.2, 0) is 24.6 Å². The van der Waals surface area contributed by atoms with Crippen molar-refractivity contribution in [3.8, 4) is 11.5 Å². The average molecular weight is 459 g/mol. The van der Waals surface area contributed by atoms with Crippen LogP contribution in [0.2, 0.25) is 0 Å². The zero-order valence-corrected chi connectivity index (χ0v) is 19.6. The highest BCUT2D eigenvalue weighted by molar-refractivity contribution is 6.14. The van der Waals surface area contributed by atoms with E-state index >= 15 is 0 Å². The summed E-state index contributed by atoms with van der Waals surface area (Å²) in [5.74, 6) is -1.35. The molecule has 2 saturated heterocycles. The Kier molecular flexibility index (Phi) is 5.12. The maximum absolute atomic E-state index is 13.8. The van der Waals surface area contributed by atoms with E-state index in [2.05, 4.69) is 0 Å². The molecule has 1 aromatic rings. The summed E-state index contributed by atoms with van der Waals surface area (Å²) < 4.78 is 30.7. The second-order valence-electron chi connectivity index (χ2n) is 9.65. The van der Waals surface area contributed by atoms with Gasteiger partial charge in [-0.15, -0.1) is 0 Å². The summed E-state index contributed by atoms with van der Waals surface area (Å²) in [5, 5.41) is 9.71. The molecule has 5 aliphatic rings. The summed E-state index contributed by atoms with van der Waals surface area (Å²) in [6, 6.07) is 1.66. The second-order valence-corrected chi connectivity index (χ2v) is 9.65. The van der Waals surface area contributed by atoms with Crippen LogP contribution < -0.4 is 9.47 Å². The Bertz CT molecular complexity index is 1070. The van der Waals surface area contributed by atoms with Gasteiger partial charge in [0.05, 0.1) is 38.1 Å². The minimum absolute atomic E-state index is 0.181. The van der Waals surface area contributed by atoms with Crippen LogP contribution in [0, 0.1) is 0 Å². The molecule has 3 aliphatic heterocycles. The van der Waals surface area contributed by atoms with E-state index in [-0.39, 0.29) is 35.2 Å². The van der Waals surface area contributed by atoms with Gasteiger partial charge < -0.3 is 28.8 Å². The van der Waals surface area contributed by atoms with E-state index in [0.717, 1.165) is 18.4 Å². The first-order valence-corrected chi connectivity index (χ1v) is 11.5. The summed E-state index contributed by atoms with van der Waals surface area (Å²) in [4.78, 5) is 25.7. The Morgan fingerprint density at radius 1 is 1.12 bits per heavy atom. The fourth-order valence-electron chi connectivity index (χ4n) is 6.16. The molecule has 4 atom stereocenters. The summed E-state index contributed by atoms with van der Waals surface area (Å²) in [7, 11) is 3.07. The molecule has 0 aromatic heterocycles. The van der Waals surface area contributed by atoms with Crippen molar-refractivity contribution in [1.82, 2.24) is 0 Å². The lowest BCUT2D eigenvalue weighted by atomic mass is 9.68. The van der Waals surface area contributed by atoms with Gasteiger partial charge in [0.25, 0.3) is 0 Å². The summed E-state index contributed by atoms with van der Waals surface area (Å²) >= 11 is 0. The summed E-state index contributed by atoms with van der Waals surface area (Å²) in [6.45, 7) is 5.68. The van der Waals surface area contributed by atoms with Gasteiger partial charge in [-0.05, 0) is 52.5 Å². The predicted octanol–water partition coefficient (Wildman–Crippen LogP) is 4.05. The zero-order chi connectivity index (χ0) is 23.7. The number of hydrogen-bond acceptors (Lipinski definition) is 7.